The van der Waals surface area contributed by atoms with Gasteiger partial charge in [0, 0.05) is 16.6 Å². The number of benzene rings is 1. The summed E-state index contributed by atoms with van der Waals surface area (Å²) >= 11 is 3.23. The van der Waals surface area contributed by atoms with Crippen LogP contribution < -0.4 is 10.5 Å². The van der Waals surface area contributed by atoms with Crippen LogP contribution >= 0.6 is 28.3 Å². The Morgan fingerprint density at radius 1 is 1.33 bits per heavy atom. The Morgan fingerprint density at radius 3 is 2.44 bits per heavy atom. The average molecular weight is 356 g/mol. The van der Waals surface area contributed by atoms with Crippen LogP contribution in [0.4, 0.5) is 0 Å². The third kappa shape index (κ3) is 3.45. The van der Waals surface area contributed by atoms with Gasteiger partial charge in [0.2, 0.25) is 10.0 Å². The van der Waals surface area contributed by atoms with E-state index < -0.39 is 10.0 Å². The molecule has 0 radical (unpaired) electrons. The van der Waals surface area contributed by atoms with Gasteiger partial charge in [0.05, 0.1) is 4.90 Å². The van der Waals surface area contributed by atoms with Crippen molar-refractivity contribution in [1.29, 1.82) is 0 Å². The van der Waals surface area contributed by atoms with Gasteiger partial charge >= 0.3 is 0 Å². The molecule has 18 heavy (non-hydrogen) atoms. The second-order valence-electron chi connectivity index (χ2n) is 4.47. The van der Waals surface area contributed by atoms with Crippen molar-refractivity contribution in [3.63, 3.8) is 0 Å². The standard InChI is InChI=1S/C11H15BrN2O2S.ClH/c12-9-4-1-2-5-10(9)17(15,16)14-8-11(13)6-3-7-11;/h1-2,4-5,14H,3,6-8,13H2;1H. The van der Waals surface area contributed by atoms with Gasteiger partial charge < -0.3 is 5.73 Å². The SMILES string of the molecule is Cl.NC1(CNS(=O)(=O)c2ccccc2Br)CCC1. The summed E-state index contributed by atoms with van der Waals surface area (Å²) in [5.74, 6) is 0. The number of hydrogen-bond acceptors (Lipinski definition) is 3. The molecule has 1 aromatic rings. The molecular formula is C11H16BrClN2O2S. The van der Waals surface area contributed by atoms with Crippen LogP contribution in [0.3, 0.4) is 0 Å². The number of sulfonamides is 1. The molecule has 3 N–H and O–H groups in total. The molecule has 0 saturated heterocycles. The maximum atomic E-state index is 12.0. The van der Waals surface area contributed by atoms with Crippen LogP contribution in [0.5, 0.6) is 0 Å². The maximum absolute atomic E-state index is 12.0. The lowest BCUT2D eigenvalue weighted by Crippen LogP contribution is -2.54. The summed E-state index contributed by atoms with van der Waals surface area (Å²) in [6.07, 6.45) is 2.84. The highest BCUT2D eigenvalue weighted by atomic mass is 79.9. The van der Waals surface area contributed by atoms with E-state index in [2.05, 4.69) is 20.7 Å². The van der Waals surface area contributed by atoms with Gasteiger partial charge in [0.15, 0.2) is 0 Å². The van der Waals surface area contributed by atoms with Crippen molar-refractivity contribution in [3.05, 3.63) is 28.7 Å². The summed E-state index contributed by atoms with van der Waals surface area (Å²) in [5, 5.41) is 0. The third-order valence-electron chi connectivity index (χ3n) is 3.09. The molecule has 0 bridgehead atoms. The monoisotopic (exact) mass is 354 g/mol. The van der Waals surface area contributed by atoms with Crippen LogP contribution in [-0.4, -0.2) is 20.5 Å². The van der Waals surface area contributed by atoms with Gasteiger partial charge in [-0.3, -0.25) is 0 Å². The Morgan fingerprint density at radius 2 is 1.94 bits per heavy atom. The molecular weight excluding hydrogens is 340 g/mol. The van der Waals surface area contributed by atoms with E-state index >= 15 is 0 Å². The summed E-state index contributed by atoms with van der Waals surface area (Å²) in [7, 11) is -3.48. The molecule has 2 rings (SSSR count). The molecule has 0 aromatic heterocycles. The molecule has 0 atom stereocenters. The fraction of sp³-hybridized carbons (Fsp3) is 0.455. The lowest BCUT2D eigenvalue weighted by molar-refractivity contribution is 0.251. The number of nitrogens with two attached hydrogens (primary N) is 1. The van der Waals surface area contributed by atoms with E-state index in [-0.39, 0.29) is 22.8 Å². The predicted molar refractivity (Wildman–Crippen MR) is 77.3 cm³/mol. The Labute approximate surface area is 122 Å². The molecule has 1 aliphatic rings. The van der Waals surface area contributed by atoms with E-state index in [0.717, 1.165) is 19.3 Å². The molecule has 0 heterocycles. The Kier molecular flexibility index (Phi) is 5.20. The van der Waals surface area contributed by atoms with Crippen molar-refractivity contribution in [2.45, 2.75) is 29.7 Å². The Hall–Kier alpha value is -0.140. The zero-order valence-corrected chi connectivity index (χ0v) is 12.9. The van der Waals surface area contributed by atoms with E-state index in [0.29, 0.717) is 11.0 Å². The molecule has 0 spiro atoms. The van der Waals surface area contributed by atoms with Gasteiger partial charge in [0.1, 0.15) is 0 Å². The fourth-order valence-corrected chi connectivity index (χ4v) is 3.93. The number of nitrogens with one attached hydrogen (secondary N) is 1. The minimum absolute atomic E-state index is 0. The predicted octanol–water partition coefficient (Wildman–Crippen LogP) is 2.03. The second-order valence-corrected chi connectivity index (χ2v) is 7.06. The van der Waals surface area contributed by atoms with E-state index in [1.165, 1.54) is 0 Å². The third-order valence-corrected chi connectivity index (χ3v) is 5.50. The highest BCUT2D eigenvalue weighted by Gasteiger charge is 2.33. The minimum Gasteiger partial charge on any atom is -0.324 e. The fourth-order valence-electron chi connectivity index (χ4n) is 1.79. The summed E-state index contributed by atoms with van der Waals surface area (Å²) in [6.45, 7) is 0.302. The first-order valence-electron chi connectivity index (χ1n) is 5.46. The number of halogens is 2. The lowest BCUT2D eigenvalue weighted by atomic mass is 9.78. The summed E-state index contributed by atoms with van der Waals surface area (Å²) in [4.78, 5) is 0.253. The highest BCUT2D eigenvalue weighted by Crippen LogP contribution is 2.29. The van der Waals surface area contributed by atoms with Gasteiger partial charge in [-0.05, 0) is 47.3 Å². The van der Waals surface area contributed by atoms with Crippen molar-refractivity contribution in [2.75, 3.05) is 6.54 Å². The van der Waals surface area contributed by atoms with Crippen molar-refractivity contribution >= 4 is 38.4 Å². The first kappa shape index (κ1) is 15.9. The number of rotatable bonds is 4. The molecule has 7 heteroatoms. The van der Waals surface area contributed by atoms with Crippen LogP contribution in [0.25, 0.3) is 0 Å². The Bertz CT molecular complexity index is 518. The van der Waals surface area contributed by atoms with Gasteiger partial charge in [-0.25, -0.2) is 13.1 Å². The maximum Gasteiger partial charge on any atom is 0.241 e. The average Bonchev–Trinajstić information content (AvgIpc) is 2.24. The molecule has 1 fully saturated rings. The van der Waals surface area contributed by atoms with E-state index in [9.17, 15) is 8.42 Å². The number of hydrogen-bond donors (Lipinski definition) is 2. The van der Waals surface area contributed by atoms with E-state index in [1.807, 2.05) is 0 Å². The van der Waals surface area contributed by atoms with Crippen LogP contribution in [0.2, 0.25) is 0 Å². The van der Waals surface area contributed by atoms with Crippen LogP contribution in [0.1, 0.15) is 19.3 Å². The Balaban J connectivity index is 0.00000162. The molecule has 0 amide bonds. The van der Waals surface area contributed by atoms with Crippen LogP contribution in [0.15, 0.2) is 33.6 Å². The lowest BCUT2D eigenvalue weighted by Gasteiger charge is -2.38. The summed E-state index contributed by atoms with van der Waals surface area (Å²) in [5.41, 5.74) is 5.63. The van der Waals surface area contributed by atoms with Gasteiger partial charge in [-0.2, -0.15) is 0 Å². The van der Waals surface area contributed by atoms with Crippen molar-refractivity contribution < 1.29 is 8.42 Å². The van der Waals surface area contributed by atoms with Crippen molar-refractivity contribution in [1.82, 2.24) is 4.72 Å². The minimum atomic E-state index is -3.48. The largest absolute Gasteiger partial charge is 0.324 e. The summed E-state index contributed by atoms with van der Waals surface area (Å²) < 4.78 is 27.2. The zero-order chi connectivity index (χ0) is 12.5. The van der Waals surface area contributed by atoms with Gasteiger partial charge in [-0.15, -0.1) is 12.4 Å². The van der Waals surface area contributed by atoms with Crippen molar-refractivity contribution in [2.24, 2.45) is 5.73 Å². The summed E-state index contributed by atoms with van der Waals surface area (Å²) in [6, 6.07) is 6.74. The van der Waals surface area contributed by atoms with Crippen LogP contribution in [0, 0.1) is 0 Å². The molecule has 102 valence electrons. The van der Waals surface area contributed by atoms with Crippen molar-refractivity contribution in [3.8, 4) is 0 Å². The van der Waals surface area contributed by atoms with Gasteiger partial charge in [-0.1, -0.05) is 12.1 Å². The topological polar surface area (TPSA) is 72.2 Å². The molecule has 4 nitrogen and oxygen atoms in total. The molecule has 1 aliphatic carbocycles. The molecule has 0 aliphatic heterocycles. The molecule has 1 aromatic carbocycles. The van der Waals surface area contributed by atoms with E-state index in [4.69, 9.17) is 5.73 Å². The van der Waals surface area contributed by atoms with Crippen LogP contribution in [-0.2, 0) is 10.0 Å². The normalized spacial score (nSPS) is 17.7. The molecule has 0 unspecified atom stereocenters. The first-order valence-corrected chi connectivity index (χ1v) is 7.74. The quantitative estimate of drug-likeness (QED) is 0.868. The highest BCUT2D eigenvalue weighted by molar-refractivity contribution is 9.10. The van der Waals surface area contributed by atoms with Gasteiger partial charge in [0.25, 0.3) is 0 Å². The smallest absolute Gasteiger partial charge is 0.241 e. The van der Waals surface area contributed by atoms with E-state index in [1.54, 1.807) is 24.3 Å². The second kappa shape index (κ2) is 5.88. The molecule has 1 saturated carbocycles. The first-order chi connectivity index (χ1) is 7.93. The zero-order valence-electron chi connectivity index (χ0n) is 9.73.